The third-order valence-electron chi connectivity index (χ3n) is 6.48. The molecular weight excluding hydrogens is 510 g/mol. The van der Waals surface area contributed by atoms with E-state index in [1.807, 2.05) is 101 Å². The number of carbonyl (C=O) groups is 2. The van der Waals surface area contributed by atoms with Gasteiger partial charge in [0.2, 0.25) is 21.8 Å². The van der Waals surface area contributed by atoms with E-state index in [9.17, 15) is 18.0 Å². The van der Waals surface area contributed by atoms with Crippen LogP contribution in [0, 0.1) is 20.8 Å². The number of nitrogens with one attached hydrogen (secondary N) is 1. The number of anilines is 1. The van der Waals surface area contributed by atoms with Crippen LogP contribution in [0.15, 0.2) is 72.8 Å². The van der Waals surface area contributed by atoms with E-state index in [1.165, 1.54) is 4.90 Å². The number of benzene rings is 3. The Morgan fingerprint density at radius 3 is 2.03 bits per heavy atom. The molecule has 0 bridgehead atoms. The van der Waals surface area contributed by atoms with Crippen LogP contribution in [0.5, 0.6) is 0 Å². The molecule has 39 heavy (non-hydrogen) atoms. The Morgan fingerprint density at radius 2 is 1.46 bits per heavy atom. The first-order valence-electron chi connectivity index (χ1n) is 13.1. The molecule has 0 aliphatic carbocycles. The summed E-state index contributed by atoms with van der Waals surface area (Å²) in [6, 6.07) is 21.7. The largest absolute Gasteiger partial charge is 0.352 e. The summed E-state index contributed by atoms with van der Waals surface area (Å²) in [4.78, 5) is 29.2. The van der Waals surface area contributed by atoms with E-state index in [0.29, 0.717) is 12.1 Å². The lowest BCUT2D eigenvalue weighted by atomic mass is 10.0. The van der Waals surface area contributed by atoms with Gasteiger partial charge < -0.3 is 10.2 Å². The molecule has 0 aliphatic rings. The van der Waals surface area contributed by atoms with Crippen LogP contribution in [0.3, 0.4) is 0 Å². The highest BCUT2D eigenvalue weighted by atomic mass is 32.2. The molecule has 0 aliphatic heterocycles. The van der Waals surface area contributed by atoms with Gasteiger partial charge in [-0.2, -0.15) is 0 Å². The molecule has 208 valence electrons. The minimum absolute atomic E-state index is 0.130. The first-order valence-corrected chi connectivity index (χ1v) is 14.9. The number of nitrogens with zero attached hydrogens (tertiary/aromatic N) is 2. The first kappa shape index (κ1) is 29.9. The van der Waals surface area contributed by atoms with E-state index in [1.54, 1.807) is 6.07 Å². The molecule has 2 amide bonds. The smallest absolute Gasteiger partial charge is 0.244 e. The zero-order chi connectivity index (χ0) is 28.7. The Hall–Kier alpha value is -3.65. The third-order valence-corrected chi connectivity index (χ3v) is 7.60. The Labute approximate surface area is 232 Å². The topological polar surface area (TPSA) is 86.8 Å². The molecular formula is C31H39N3O4S. The minimum Gasteiger partial charge on any atom is -0.352 e. The second-order valence-corrected chi connectivity index (χ2v) is 12.3. The van der Waals surface area contributed by atoms with E-state index in [2.05, 4.69) is 5.32 Å². The Balaban J connectivity index is 2.07. The molecule has 1 unspecified atom stereocenters. The van der Waals surface area contributed by atoms with E-state index >= 15 is 0 Å². The van der Waals surface area contributed by atoms with Crippen molar-refractivity contribution in [3.63, 3.8) is 0 Å². The molecule has 8 heteroatoms. The zero-order valence-corrected chi connectivity index (χ0v) is 24.5. The summed E-state index contributed by atoms with van der Waals surface area (Å²) in [6.07, 6.45) is 1.39. The van der Waals surface area contributed by atoms with Gasteiger partial charge >= 0.3 is 0 Å². The number of hydrogen-bond acceptors (Lipinski definition) is 4. The minimum atomic E-state index is -3.80. The Morgan fingerprint density at radius 1 is 0.846 bits per heavy atom. The van der Waals surface area contributed by atoms with Gasteiger partial charge in [0.1, 0.15) is 12.6 Å². The average Bonchev–Trinajstić information content (AvgIpc) is 2.85. The number of rotatable bonds is 11. The maximum atomic E-state index is 14.1. The van der Waals surface area contributed by atoms with Crippen LogP contribution < -0.4 is 9.62 Å². The van der Waals surface area contributed by atoms with Crippen LogP contribution >= 0.6 is 0 Å². The van der Waals surface area contributed by atoms with E-state index in [0.717, 1.165) is 38.4 Å². The Kier molecular flexibility index (Phi) is 9.92. The summed E-state index contributed by atoms with van der Waals surface area (Å²) < 4.78 is 27.0. The van der Waals surface area contributed by atoms with Gasteiger partial charge in [0.25, 0.3) is 0 Å². The van der Waals surface area contributed by atoms with Crippen molar-refractivity contribution in [2.24, 2.45) is 0 Å². The van der Waals surface area contributed by atoms with Gasteiger partial charge in [-0.15, -0.1) is 0 Å². The number of sulfonamides is 1. The van der Waals surface area contributed by atoms with E-state index < -0.39 is 28.5 Å². The quantitative estimate of drug-likeness (QED) is 0.380. The summed E-state index contributed by atoms with van der Waals surface area (Å²) in [5, 5.41) is 2.96. The Bertz CT molecular complexity index is 1390. The molecule has 7 nitrogen and oxygen atoms in total. The zero-order valence-electron chi connectivity index (χ0n) is 23.6. The lowest BCUT2D eigenvalue weighted by Gasteiger charge is -2.34. The first-order chi connectivity index (χ1) is 18.3. The molecule has 1 atom stereocenters. The van der Waals surface area contributed by atoms with Crippen molar-refractivity contribution in [1.82, 2.24) is 10.2 Å². The number of carbonyl (C=O) groups excluding carboxylic acids is 2. The SMILES string of the molecule is Cc1ccc(CN(C(=O)CN(c2ccc(C)cc2C)S(C)(=O)=O)C(Cc2ccccc2)C(=O)NC(C)C)cc1. The fourth-order valence-electron chi connectivity index (χ4n) is 4.50. The van der Waals surface area contributed by atoms with Crippen molar-refractivity contribution < 1.29 is 18.0 Å². The molecule has 3 aromatic rings. The summed E-state index contributed by atoms with van der Waals surface area (Å²) in [5.41, 5.74) is 5.01. The van der Waals surface area contributed by atoms with Crippen molar-refractivity contribution in [2.45, 2.75) is 59.7 Å². The highest BCUT2D eigenvalue weighted by Gasteiger charge is 2.33. The summed E-state index contributed by atoms with van der Waals surface area (Å²) >= 11 is 0. The van der Waals surface area contributed by atoms with Crippen LogP contribution in [-0.4, -0.2) is 50.0 Å². The maximum Gasteiger partial charge on any atom is 0.244 e. The fraction of sp³-hybridized carbons (Fsp3) is 0.355. The van der Waals surface area contributed by atoms with Crippen molar-refractivity contribution in [3.8, 4) is 0 Å². The van der Waals surface area contributed by atoms with Crippen LogP contribution in [-0.2, 0) is 32.6 Å². The third kappa shape index (κ3) is 8.42. The molecule has 0 saturated heterocycles. The van der Waals surface area contributed by atoms with E-state index in [-0.39, 0.29) is 18.5 Å². The lowest BCUT2D eigenvalue weighted by Crippen LogP contribution is -2.54. The second kappa shape index (κ2) is 12.9. The van der Waals surface area contributed by atoms with Crippen LogP contribution in [0.2, 0.25) is 0 Å². The van der Waals surface area contributed by atoms with Gasteiger partial charge in [0, 0.05) is 19.0 Å². The molecule has 3 rings (SSSR count). The van der Waals surface area contributed by atoms with Crippen LogP contribution in [0.1, 0.15) is 41.7 Å². The molecule has 0 aromatic heterocycles. The fourth-order valence-corrected chi connectivity index (χ4v) is 5.41. The summed E-state index contributed by atoms with van der Waals surface area (Å²) in [5.74, 6) is -0.743. The van der Waals surface area contributed by atoms with Crippen molar-refractivity contribution in [3.05, 3.63) is 101 Å². The number of aryl methyl sites for hydroxylation is 3. The number of hydrogen-bond donors (Lipinski definition) is 1. The second-order valence-electron chi connectivity index (χ2n) is 10.4. The van der Waals surface area contributed by atoms with Gasteiger partial charge in [-0.3, -0.25) is 13.9 Å². The highest BCUT2D eigenvalue weighted by molar-refractivity contribution is 7.92. The van der Waals surface area contributed by atoms with Crippen LogP contribution in [0.25, 0.3) is 0 Å². The van der Waals surface area contributed by atoms with Gasteiger partial charge in [0.15, 0.2) is 0 Å². The van der Waals surface area contributed by atoms with Gasteiger partial charge in [0.05, 0.1) is 11.9 Å². The highest BCUT2D eigenvalue weighted by Crippen LogP contribution is 2.25. The molecule has 0 heterocycles. The van der Waals surface area contributed by atoms with Gasteiger partial charge in [-0.05, 0) is 57.4 Å². The van der Waals surface area contributed by atoms with Crippen LogP contribution in [0.4, 0.5) is 5.69 Å². The molecule has 3 aromatic carbocycles. The van der Waals surface area contributed by atoms with Gasteiger partial charge in [-0.25, -0.2) is 8.42 Å². The molecule has 1 N–H and O–H groups in total. The monoisotopic (exact) mass is 549 g/mol. The van der Waals surface area contributed by atoms with Crippen molar-refractivity contribution in [2.75, 3.05) is 17.1 Å². The standard InChI is InChI=1S/C31H39N3O4S/c1-22(2)32-31(36)29(19-26-10-8-7-9-11-26)33(20-27-15-12-23(3)13-16-27)30(35)21-34(39(6,37)38)28-17-14-24(4)18-25(28)5/h7-18,22,29H,19-21H2,1-6H3,(H,32,36). The van der Waals surface area contributed by atoms with Crippen molar-refractivity contribution >= 4 is 27.5 Å². The molecule has 0 fully saturated rings. The summed E-state index contributed by atoms with van der Waals surface area (Å²) in [7, 11) is -3.80. The number of amides is 2. The molecule has 0 saturated carbocycles. The van der Waals surface area contributed by atoms with Gasteiger partial charge in [-0.1, -0.05) is 77.9 Å². The summed E-state index contributed by atoms with van der Waals surface area (Å²) in [6.45, 7) is 9.21. The molecule has 0 radical (unpaired) electrons. The normalized spacial score (nSPS) is 12.2. The van der Waals surface area contributed by atoms with E-state index in [4.69, 9.17) is 0 Å². The predicted octanol–water partition coefficient (Wildman–Crippen LogP) is 4.54. The van der Waals surface area contributed by atoms with Crippen molar-refractivity contribution in [1.29, 1.82) is 0 Å². The predicted molar refractivity (Wildman–Crippen MR) is 157 cm³/mol. The maximum absolute atomic E-state index is 14.1. The average molecular weight is 550 g/mol. The lowest BCUT2D eigenvalue weighted by molar-refractivity contribution is -0.140. The molecule has 0 spiro atoms.